The van der Waals surface area contributed by atoms with E-state index in [1.54, 1.807) is 7.11 Å². The Morgan fingerprint density at radius 1 is 1.22 bits per heavy atom. The lowest BCUT2D eigenvalue weighted by molar-refractivity contribution is -0.0944. The number of hydrogen-bond acceptors (Lipinski definition) is 3. The van der Waals surface area contributed by atoms with Crippen LogP contribution in [0.25, 0.3) is 0 Å². The predicted octanol–water partition coefficient (Wildman–Crippen LogP) is 3.32. The van der Waals surface area contributed by atoms with Gasteiger partial charge in [0.25, 0.3) is 0 Å². The van der Waals surface area contributed by atoms with Crippen LogP contribution in [0.3, 0.4) is 0 Å². The molecule has 3 nitrogen and oxygen atoms in total. The van der Waals surface area contributed by atoms with E-state index in [-0.39, 0.29) is 0 Å². The minimum Gasteiger partial charge on any atom is -0.494 e. The summed E-state index contributed by atoms with van der Waals surface area (Å²) in [6, 6.07) is 7.56. The first-order chi connectivity index (χ1) is 8.57. The van der Waals surface area contributed by atoms with Gasteiger partial charge in [0.2, 0.25) is 0 Å². The minimum absolute atomic E-state index is 0.550. The first kappa shape index (κ1) is 15.0. The van der Waals surface area contributed by atoms with Crippen molar-refractivity contribution in [2.24, 2.45) is 0 Å². The fourth-order valence-corrected chi connectivity index (χ4v) is 1.77. The van der Waals surface area contributed by atoms with Crippen molar-refractivity contribution in [3.63, 3.8) is 0 Å². The van der Waals surface area contributed by atoms with Crippen molar-refractivity contribution in [3.05, 3.63) is 29.8 Å². The van der Waals surface area contributed by atoms with Gasteiger partial charge >= 0.3 is 0 Å². The van der Waals surface area contributed by atoms with Crippen molar-refractivity contribution in [1.82, 2.24) is 0 Å². The summed E-state index contributed by atoms with van der Waals surface area (Å²) < 4.78 is 10.9. The molecule has 0 heterocycles. The molecule has 18 heavy (non-hydrogen) atoms. The summed E-state index contributed by atoms with van der Waals surface area (Å²) in [6.45, 7) is 6.71. The zero-order chi connectivity index (χ0) is 13.6. The molecule has 3 heteroatoms. The third-order valence-corrected chi connectivity index (χ3v) is 3.42. The van der Waals surface area contributed by atoms with Gasteiger partial charge in [-0.05, 0) is 37.5 Å². The van der Waals surface area contributed by atoms with Gasteiger partial charge in [-0.15, -0.1) is 0 Å². The third kappa shape index (κ3) is 3.47. The van der Waals surface area contributed by atoms with Gasteiger partial charge in [-0.25, -0.2) is 0 Å². The Balaban J connectivity index is 2.78. The van der Waals surface area contributed by atoms with Crippen LogP contribution in [0.15, 0.2) is 24.3 Å². The van der Waals surface area contributed by atoms with Crippen LogP contribution in [0.1, 0.15) is 45.3 Å². The maximum Gasteiger partial charge on any atom is 0.119 e. The van der Waals surface area contributed by atoms with E-state index in [1.165, 1.54) is 0 Å². The normalized spacial score (nSPS) is 16.1. The summed E-state index contributed by atoms with van der Waals surface area (Å²) in [5, 5.41) is 10.3. The predicted molar refractivity (Wildman–Crippen MR) is 72.9 cm³/mol. The highest BCUT2D eigenvalue weighted by atomic mass is 16.5. The molecular formula is C15H24O3. The number of hydrogen-bond donors (Lipinski definition) is 1. The molecule has 2 unspecified atom stereocenters. The third-order valence-electron chi connectivity index (χ3n) is 3.42. The average Bonchev–Trinajstić information content (AvgIpc) is 2.44. The van der Waals surface area contributed by atoms with Gasteiger partial charge in [-0.3, -0.25) is 0 Å². The van der Waals surface area contributed by atoms with Gasteiger partial charge in [0.1, 0.15) is 11.9 Å². The van der Waals surface area contributed by atoms with Gasteiger partial charge in [-0.2, -0.15) is 0 Å². The van der Waals surface area contributed by atoms with Crippen LogP contribution in [0.2, 0.25) is 0 Å². The zero-order valence-electron chi connectivity index (χ0n) is 11.8. The number of benzene rings is 1. The summed E-state index contributed by atoms with van der Waals surface area (Å²) in [5.74, 6) is 0.836. The summed E-state index contributed by atoms with van der Waals surface area (Å²) in [7, 11) is 1.63. The molecule has 102 valence electrons. The highest BCUT2D eigenvalue weighted by molar-refractivity contribution is 5.29. The van der Waals surface area contributed by atoms with E-state index in [9.17, 15) is 5.11 Å². The lowest BCUT2D eigenvalue weighted by atomic mass is 9.90. The second-order valence-electron chi connectivity index (χ2n) is 4.69. The molecule has 0 amide bonds. The van der Waals surface area contributed by atoms with E-state index < -0.39 is 11.7 Å². The largest absolute Gasteiger partial charge is 0.494 e. The summed E-state index contributed by atoms with van der Waals surface area (Å²) in [6.07, 6.45) is 1.11. The number of aliphatic hydroxyl groups excluding tert-OH is 1. The Kier molecular flexibility index (Phi) is 5.63. The van der Waals surface area contributed by atoms with Crippen LogP contribution in [-0.4, -0.2) is 24.4 Å². The number of rotatable bonds is 7. The lowest BCUT2D eigenvalue weighted by Crippen LogP contribution is -2.34. The number of aliphatic hydroxyl groups is 1. The number of ether oxygens (including phenoxy) is 2. The summed E-state index contributed by atoms with van der Waals surface area (Å²) in [4.78, 5) is 0. The van der Waals surface area contributed by atoms with Crippen molar-refractivity contribution in [2.45, 2.75) is 45.3 Å². The molecule has 1 aromatic rings. The highest BCUT2D eigenvalue weighted by Crippen LogP contribution is 2.32. The first-order valence-corrected chi connectivity index (χ1v) is 6.53. The molecule has 0 radical (unpaired) electrons. The van der Waals surface area contributed by atoms with Crippen molar-refractivity contribution in [1.29, 1.82) is 0 Å². The monoisotopic (exact) mass is 252 g/mol. The van der Waals surface area contributed by atoms with Gasteiger partial charge in [0.15, 0.2) is 0 Å². The van der Waals surface area contributed by atoms with Crippen LogP contribution in [0, 0.1) is 0 Å². The molecular weight excluding hydrogens is 228 g/mol. The topological polar surface area (TPSA) is 38.7 Å². The van der Waals surface area contributed by atoms with Crippen LogP contribution >= 0.6 is 0 Å². The molecule has 2 atom stereocenters. The van der Waals surface area contributed by atoms with E-state index in [2.05, 4.69) is 6.92 Å². The second-order valence-corrected chi connectivity index (χ2v) is 4.69. The molecule has 0 fully saturated rings. The molecule has 0 aliphatic rings. The molecule has 0 bridgehead atoms. The molecule has 0 saturated heterocycles. The van der Waals surface area contributed by atoms with Gasteiger partial charge in [0, 0.05) is 7.11 Å². The average molecular weight is 252 g/mol. The molecule has 1 aromatic carbocycles. The molecule has 0 spiro atoms. The van der Waals surface area contributed by atoms with E-state index >= 15 is 0 Å². The zero-order valence-corrected chi connectivity index (χ0v) is 11.8. The van der Waals surface area contributed by atoms with Crippen molar-refractivity contribution < 1.29 is 14.6 Å². The SMILES string of the molecule is CCCOc1ccc(C(O)C(C)(CC)OC)cc1. The van der Waals surface area contributed by atoms with E-state index in [4.69, 9.17) is 9.47 Å². The Hall–Kier alpha value is -1.06. The lowest BCUT2D eigenvalue weighted by Gasteiger charge is -2.32. The standard InChI is InChI=1S/C15H24O3/c1-5-11-18-13-9-7-12(8-10-13)14(16)15(3,6-2)17-4/h7-10,14,16H,5-6,11H2,1-4H3. The number of methoxy groups -OCH3 is 1. The van der Waals surface area contributed by atoms with Crippen LogP contribution < -0.4 is 4.74 Å². The Bertz CT molecular complexity index is 341. The van der Waals surface area contributed by atoms with Crippen LogP contribution in [0.5, 0.6) is 5.75 Å². The Labute approximate surface area is 110 Å². The Morgan fingerprint density at radius 2 is 1.83 bits per heavy atom. The fourth-order valence-electron chi connectivity index (χ4n) is 1.77. The van der Waals surface area contributed by atoms with Crippen LogP contribution in [0.4, 0.5) is 0 Å². The smallest absolute Gasteiger partial charge is 0.119 e. The van der Waals surface area contributed by atoms with Gasteiger partial charge in [0.05, 0.1) is 12.2 Å². The first-order valence-electron chi connectivity index (χ1n) is 6.53. The molecule has 0 aromatic heterocycles. The minimum atomic E-state index is -0.632. The van der Waals surface area contributed by atoms with E-state index in [0.717, 1.165) is 24.2 Å². The quantitative estimate of drug-likeness (QED) is 0.809. The van der Waals surface area contributed by atoms with Gasteiger partial charge < -0.3 is 14.6 Å². The highest BCUT2D eigenvalue weighted by Gasteiger charge is 2.32. The van der Waals surface area contributed by atoms with Crippen molar-refractivity contribution in [2.75, 3.05) is 13.7 Å². The van der Waals surface area contributed by atoms with Gasteiger partial charge in [-0.1, -0.05) is 26.0 Å². The van der Waals surface area contributed by atoms with E-state index in [1.807, 2.05) is 38.1 Å². The summed E-state index contributed by atoms with van der Waals surface area (Å²) in [5.41, 5.74) is 0.302. The van der Waals surface area contributed by atoms with E-state index in [0.29, 0.717) is 6.61 Å². The van der Waals surface area contributed by atoms with Crippen LogP contribution in [-0.2, 0) is 4.74 Å². The Morgan fingerprint density at radius 3 is 2.28 bits per heavy atom. The summed E-state index contributed by atoms with van der Waals surface area (Å²) >= 11 is 0. The molecule has 0 aliphatic heterocycles. The molecule has 1 N–H and O–H groups in total. The molecule has 0 saturated carbocycles. The molecule has 0 aliphatic carbocycles. The van der Waals surface area contributed by atoms with Crippen molar-refractivity contribution >= 4 is 0 Å². The fraction of sp³-hybridized carbons (Fsp3) is 0.600. The van der Waals surface area contributed by atoms with Crippen molar-refractivity contribution in [3.8, 4) is 5.75 Å². The second kappa shape index (κ2) is 6.76. The maximum atomic E-state index is 10.3. The maximum absolute atomic E-state index is 10.3. The molecule has 1 rings (SSSR count).